The molecule has 3 rings (SSSR count). The van der Waals surface area contributed by atoms with Crippen LogP contribution in [0.1, 0.15) is 59.9 Å². The normalized spacial score (nSPS) is 30.6. The molecule has 10 heteroatoms. The summed E-state index contributed by atoms with van der Waals surface area (Å²) < 4.78 is 42.4. The lowest BCUT2D eigenvalue weighted by molar-refractivity contribution is -0.260. The first-order valence-electron chi connectivity index (χ1n) is 14.7. The van der Waals surface area contributed by atoms with E-state index in [1.165, 1.54) is 0 Å². The quantitative estimate of drug-likeness (QED) is 0.101. The summed E-state index contributed by atoms with van der Waals surface area (Å²) in [4.78, 5) is 3.08. The fourth-order valence-electron chi connectivity index (χ4n) is 5.17. The van der Waals surface area contributed by atoms with Crippen LogP contribution in [0.5, 0.6) is 0 Å². The van der Waals surface area contributed by atoms with Gasteiger partial charge in [-0.3, -0.25) is 0 Å². The Bertz CT molecular complexity index is 899. The maximum absolute atomic E-state index is 9.34. The zero-order valence-electron chi connectivity index (χ0n) is 25.1. The van der Waals surface area contributed by atoms with Crippen molar-refractivity contribution < 1.29 is 33.2 Å². The van der Waals surface area contributed by atoms with Crippen LogP contribution in [0, 0.1) is 17.8 Å². The molecule has 2 heterocycles. The van der Waals surface area contributed by atoms with Crippen LogP contribution in [0.25, 0.3) is 10.4 Å². The summed E-state index contributed by atoms with van der Waals surface area (Å²) >= 11 is 0. The summed E-state index contributed by atoms with van der Waals surface area (Å²) in [6.45, 7) is 15.5. The minimum atomic E-state index is -0.834. The maximum Gasteiger partial charge on any atom is 0.163 e. The molecule has 1 aromatic carbocycles. The number of rotatable bonds is 17. The van der Waals surface area contributed by atoms with Gasteiger partial charge >= 0.3 is 0 Å². The van der Waals surface area contributed by atoms with Crippen molar-refractivity contribution >= 4 is 0 Å². The highest BCUT2D eigenvalue weighted by atomic mass is 16.8. The van der Waals surface area contributed by atoms with Crippen molar-refractivity contribution in [1.29, 1.82) is 0 Å². The molecular weight excluding hydrogens is 514 g/mol. The van der Waals surface area contributed by atoms with Crippen molar-refractivity contribution in [1.82, 2.24) is 0 Å². The number of ether oxygens (including phenoxy) is 7. The third-order valence-electron chi connectivity index (χ3n) is 7.91. The molecule has 8 atom stereocenters. The van der Waals surface area contributed by atoms with Crippen molar-refractivity contribution in [3.8, 4) is 0 Å². The average molecular weight is 564 g/mol. The Morgan fingerprint density at radius 3 is 2.38 bits per heavy atom. The number of unbranched alkanes of at least 4 members (excludes halogenated alkanes) is 1. The SMILES string of the molecule is CCCCOCCOC[C@H]1OC(C)(C)O[C@H]1[C@H](COC1OC(COCc2ccccc2)C(C)C(C)C1C)N=[N+]=[N-]. The van der Waals surface area contributed by atoms with Crippen molar-refractivity contribution in [2.75, 3.05) is 39.6 Å². The first-order valence-corrected chi connectivity index (χ1v) is 14.7. The van der Waals surface area contributed by atoms with Gasteiger partial charge in [-0.05, 0) is 43.2 Å². The number of hydrogen-bond donors (Lipinski definition) is 0. The number of nitrogens with zero attached hydrogens (tertiary/aromatic N) is 3. The van der Waals surface area contributed by atoms with Crippen LogP contribution in [0.15, 0.2) is 35.4 Å². The van der Waals surface area contributed by atoms with E-state index in [9.17, 15) is 5.53 Å². The van der Waals surface area contributed by atoms with E-state index in [2.05, 4.69) is 37.7 Å². The molecule has 2 fully saturated rings. The van der Waals surface area contributed by atoms with Gasteiger partial charge in [0.25, 0.3) is 0 Å². The molecule has 0 radical (unpaired) electrons. The molecule has 0 saturated carbocycles. The van der Waals surface area contributed by atoms with E-state index in [0.29, 0.717) is 44.9 Å². The lowest BCUT2D eigenvalue weighted by Crippen LogP contribution is -2.49. The molecule has 0 bridgehead atoms. The standard InChI is InChI=1S/C30H49N3O7/c1-7-8-14-34-15-16-35-20-27-28(40-30(5,6)39-27)25(32-33-31)18-37-29-23(4)21(2)22(3)26(38-29)19-36-17-24-12-10-9-11-13-24/h9-13,21-23,25-29H,7-8,14-20H2,1-6H3/t21?,22?,23?,25-,26?,27+,28-,29?/m0/s1. The molecule has 5 unspecified atom stereocenters. The molecule has 0 amide bonds. The van der Waals surface area contributed by atoms with Crippen molar-refractivity contribution in [3.63, 3.8) is 0 Å². The lowest BCUT2D eigenvalue weighted by atomic mass is 9.79. The van der Waals surface area contributed by atoms with Gasteiger partial charge in [-0.2, -0.15) is 0 Å². The molecule has 2 aliphatic heterocycles. The van der Waals surface area contributed by atoms with Gasteiger partial charge in [-0.1, -0.05) is 69.6 Å². The topological polar surface area (TPSA) is 113 Å². The number of benzene rings is 1. The lowest BCUT2D eigenvalue weighted by Gasteiger charge is -2.43. The first-order chi connectivity index (χ1) is 19.3. The third kappa shape index (κ3) is 9.96. The van der Waals surface area contributed by atoms with Gasteiger partial charge in [-0.25, -0.2) is 0 Å². The minimum absolute atomic E-state index is 0.108. The van der Waals surface area contributed by atoms with Gasteiger partial charge in [0, 0.05) is 17.4 Å². The van der Waals surface area contributed by atoms with Gasteiger partial charge in [0.05, 0.1) is 51.8 Å². The minimum Gasteiger partial charge on any atom is -0.379 e. The van der Waals surface area contributed by atoms with E-state index in [1.54, 1.807) is 0 Å². The molecule has 0 aromatic heterocycles. The highest BCUT2D eigenvalue weighted by molar-refractivity contribution is 5.13. The summed E-state index contributed by atoms with van der Waals surface area (Å²) in [6, 6.07) is 9.49. The van der Waals surface area contributed by atoms with Gasteiger partial charge < -0.3 is 33.2 Å². The third-order valence-corrected chi connectivity index (χ3v) is 7.91. The monoisotopic (exact) mass is 563 g/mol. The second-order valence-electron chi connectivity index (χ2n) is 11.4. The van der Waals surface area contributed by atoms with E-state index >= 15 is 0 Å². The predicted molar refractivity (Wildman–Crippen MR) is 152 cm³/mol. The summed E-state index contributed by atoms with van der Waals surface area (Å²) in [7, 11) is 0. The van der Waals surface area contributed by atoms with Gasteiger partial charge in [0.1, 0.15) is 12.2 Å². The van der Waals surface area contributed by atoms with E-state index in [4.69, 9.17) is 33.2 Å². The molecular formula is C30H49N3O7. The van der Waals surface area contributed by atoms with Crippen LogP contribution in [-0.4, -0.2) is 76.1 Å². The second kappa shape index (κ2) is 16.6. The summed E-state index contributed by atoms with van der Waals surface area (Å²) in [6.07, 6.45) is 0.631. The fraction of sp³-hybridized carbons (Fsp3) is 0.800. The summed E-state index contributed by atoms with van der Waals surface area (Å²) in [5.74, 6) is -0.0264. The first kappa shape index (κ1) is 32.8. The summed E-state index contributed by atoms with van der Waals surface area (Å²) in [5, 5.41) is 4.04. The highest BCUT2D eigenvalue weighted by Crippen LogP contribution is 2.37. The molecule has 2 aliphatic rings. The smallest absolute Gasteiger partial charge is 0.163 e. The molecule has 10 nitrogen and oxygen atoms in total. The molecule has 0 spiro atoms. The van der Waals surface area contributed by atoms with E-state index in [1.807, 2.05) is 44.2 Å². The number of hydrogen-bond acceptors (Lipinski definition) is 8. The summed E-state index contributed by atoms with van der Waals surface area (Å²) in [5.41, 5.74) is 10.5. The molecule has 0 aliphatic carbocycles. The predicted octanol–water partition coefficient (Wildman–Crippen LogP) is 5.89. The average Bonchev–Trinajstić information content (AvgIpc) is 3.25. The molecule has 226 valence electrons. The molecule has 2 saturated heterocycles. The second-order valence-corrected chi connectivity index (χ2v) is 11.4. The Kier molecular flexibility index (Phi) is 13.6. The fourth-order valence-corrected chi connectivity index (χ4v) is 5.17. The van der Waals surface area contributed by atoms with Crippen LogP contribution in [0.4, 0.5) is 0 Å². The Balaban J connectivity index is 1.55. The van der Waals surface area contributed by atoms with Crippen LogP contribution < -0.4 is 0 Å². The van der Waals surface area contributed by atoms with Crippen LogP contribution in [0.2, 0.25) is 0 Å². The zero-order valence-corrected chi connectivity index (χ0v) is 25.1. The van der Waals surface area contributed by atoms with E-state index in [0.717, 1.165) is 25.0 Å². The number of azide groups is 1. The van der Waals surface area contributed by atoms with Crippen LogP contribution in [-0.2, 0) is 39.8 Å². The van der Waals surface area contributed by atoms with Crippen molar-refractivity contribution in [2.45, 2.75) is 97.4 Å². The van der Waals surface area contributed by atoms with Crippen molar-refractivity contribution in [2.24, 2.45) is 22.9 Å². The largest absolute Gasteiger partial charge is 0.379 e. The maximum atomic E-state index is 9.34. The van der Waals surface area contributed by atoms with Gasteiger partial charge in [0.15, 0.2) is 12.1 Å². The zero-order chi connectivity index (χ0) is 29.0. The molecule has 40 heavy (non-hydrogen) atoms. The Hall–Kier alpha value is -1.75. The molecule has 0 N–H and O–H groups in total. The van der Waals surface area contributed by atoms with Gasteiger partial charge in [-0.15, -0.1) is 0 Å². The van der Waals surface area contributed by atoms with Gasteiger partial charge in [0.2, 0.25) is 0 Å². The highest BCUT2D eigenvalue weighted by Gasteiger charge is 2.46. The van der Waals surface area contributed by atoms with E-state index in [-0.39, 0.29) is 18.6 Å². The Labute approximate surface area is 239 Å². The van der Waals surface area contributed by atoms with Crippen LogP contribution in [0.3, 0.4) is 0 Å². The molecule has 1 aromatic rings. The van der Waals surface area contributed by atoms with Crippen molar-refractivity contribution in [3.05, 3.63) is 46.3 Å². The Morgan fingerprint density at radius 1 is 0.925 bits per heavy atom. The van der Waals surface area contributed by atoms with Crippen LogP contribution >= 0.6 is 0 Å². The van der Waals surface area contributed by atoms with E-state index < -0.39 is 30.3 Å². The Morgan fingerprint density at radius 2 is 1.65 bits per heavy atom.